The third kappa shape index (κ3) is 1.38. The average Bonchev–Trinajstić information content (AvgIpc) is 2.33. The highest BCUT2D eigenvalue weighted by atomic mass is 35.5. The van der Waals surface area contributed by atoms with Crippen molar-refractivity contribution in [2.24, 2.45) is 5.73 Å². The number of fused-ring (bicyclic) bond motifs is 1. The Kier molecular flexibility index (Phi) is 2.55. The maximum absolute atomic E-state index is 12.6. The van der Waals surface area contributed by atoms with E-state index in [4.69, 9.17) is 10.5 Å². The summed E-state index contributed by atoms with van der Waals surface area (Å²) in [4.78, 5) is 0. The molecule has 0 saturated carbocycles. The Balaban J connectivity index is 0.000000720. The number of rotatable bonds is 0. The summed E-state index contributed by atoms with van der Waals surface area (Å²) >= 11 is 0. The molecule has 2 rings (SSSR count). The Labute approximate surface area is 75.9 Å². The van der Waals surface area contributed by atoms with Crippen molar-refractivity contribution >= 4 is 12.4 Å². The summed E-state index contributed by atoms with van der Waals surface area (Å²) in [5.41, 5.74) is 6.39. The Morgan fingerprint density at radius 1 is 1.50 bits per heavy atom. The first-order valence-electron chi connectivity index (χ1n) is 3.45. The van der Waals surface area contributed by atoms with E-state index >= 15 is 0 Å². The molecule has 1 aromatic rings. The average molecular weight is 190 g/mol. The van der Waals surface area contributed by atoms with E-state index in [2.05, 4.69) is 0 Å². The molecule has 0 aliphatic carbocycles. The Hall–Kier alpha value is -0.800. The largest absolute Gasteiger partial charge is 0.491 e. The molecule has 0 saturated heterocycles. The molecule has 0 fully saturated rings. The fraction of sp³-hybridized carbons (Fsp3) is 0.250. The van der Waals surface area contributed by atoms with Crippen molar-refractivity contribution < 1.29 is 9.13 Å². The van der Waals surface area contributed by atoms with Gasteiger partial charge in [0.15, 0.2) is 0 Å². The fourth-order valence-corrected chi connectivity index (χ4v) is 1.21. The van der Waals surface area contributed by atoms with Crippen molar-refractivity contribution in [1.29, 1.82) is 0 Å². The van der Waals surface area contributed by atoms with Gasteiger partial charge in [0.05, 0.1) is 6.04 Å². The molecule has 1 unspecified atom stereocenters. The van der Waals surface area contributed by atoms with Crippen molar-refractivity contribution in [3.63, 3.8) is 0 Å². The van der Waals surface area contributed by atoms with Gasteiger partial charge in [-0.05, 0) is 18.2 Å². The maximum Gasteiger partial charge on any atom is 0.124 e. The highest BCUT2D eigenvalue weighted by Gasteiger charge is 2.20. The van der Waals surface area contributed by atoms with E-state index in [1.807, 2.05) is 0 Å². The zero-order chi connectivity index (χ0) is 7.84. The van der Waals surface area contributed by atoms with Gasteiger partial charge in [0.25, 0.3) is 0 Å². The van der Waals surface area contributed by atoms with Crippen LogP contribution < -0.4 is 10.5 Å². The van der Waals surface area contributed by atoms with Crippen LogP contribution in [0, 0.1) is 5.82 Å². The molecule has 1 atom stereocenters. The minimum atomic E-state index is -0.260. The molecular formula is C8H9ClFNO. The van der Waals surface area contributed by atoms with Crippen molar-refractivity contribution in [3.05, 3.63) is 29.6 Å². The summed E-state index contributed by atoms with van der Waals surface area (Å²) < 4.78 is 17.8. The molecule has 4 heteroatoms. The molecule has 0 spiro atoms. The van der Waals surface area contributed by atoms with Crippen LogP contribution in [0.1, 0.15) is 11.6 Å². The topological polar surface area (TPSA) is 35.2 Å². The zero-order valence-electron chi connectivity index (χ0n) is 6.29. The van der Waals surface area contributed by atoms with Crippen LogP contribution in [0.2, 0.25) is 0 Å². The van der Waals surface area contributed by atoms with Gasteiger partial charge in [-0.3, -0.25) is 0 Å². The number of halogens is 2. The van der Waals surface area contributed by atoms with Gasteiger partial charge in [-0.1, -0.05) is 0 Å². The molecule has 12 heavy (non-hydrogen) atoms. The summed E-state index contributed by atoms with van der Waals surface area (Å²) in [6.45, 7) is 0.457. The van der Waals surface area contributed by atoms with Crippen LogP contribution in [0.15, 0.2) is 18.2 Å². The van der Waals surface area contributed by atoms with Crippen LogP contribution in [0.4, 0.5) is 4.39 Å². The van der Waals surface area contributed by atoms with Gasteiger partial charge in [-0.25, -0.2) is 4.39 Å². The van der Waals surface area contributed by atoms with Crippen LogP contribution in [-0.2, 0) is 0 Å². The lowest BCUT2D eigenvalue weighted by Gasteiger charge is -1.98. The predicted octanol–water partition coefficient (Wildman–Crippen LogP) is 1.64. The Morgan fingerprint density at radius 2 is 2.25 bits per heavy atom. The van der Waals surface area contributed by atoms with Gasteiger partial charge < -0.3 is 10.5 Å². The van der Waals surface area contributed by atoms with Gasteiger partial charge in [0, 0.05) is 5.56 Å². The molecule has 1 heterocycles. The van der Waals surface area contributed by atoms with Crippen molar-refractivity contribution in [2.75, 3.05) is 6.61 Å². The standard InChI is InChI=1S/C8H8FNO.ClH/c9-5-1-2-8-6(3-5)7(10)4-11-8;/h1-3,7H,4,10H2;1H. The van der Waals surface area contributed by atoms with Crippen LogP contribution in [0.25, 0.3) is 0 Å². The molecule has 2 nitrogen and oxygen atoms in total. The SMILES string of the molecule is Cl.NC1COc2ccc(F)cc21. The molecule has 1 aliphatic heterocycles. The number of hydrogen-bond acceptors (Lipinski definition) is 2. The van der Waals surface area contributed by atoms with Gasteiger partial charge in [-0.15, -0.1) is 12.4 Å². The van der Waals surface area contributed by atoms with E-state index < -0.39 is 0 Å². The minimum absolute atomic E-state index is 0. The number of nitrogens with two attached hydrogens (primary N) is 1. The Bertz CT molecular complexity index is 292. The van der Waals surface area contributed by atoms with E-state index in [9.17, 15) is 4.39 Å². The van der Waals surface area contributed by atoms with Crippen molar-refractivity contribution in [3.8, 4) is 5.75 Å². The lowest BCUT2D eigenvalue weighted by molar-refractivity contribution is 0.333. The highest BCUT2D eigenvalue weighted by Crippen LogP contribution is 2.30. The van der Waals surface area contributed by atoms with E-state index in [1.54, 1.807) is 6.07 Å². The molecule has 0 aromatic heterocycles. The van der Waals surface area contributed by atoms with E-state index in [1.165, 1.54) is 12.1 Å². The molecule has 1 aliphatic rings. The van der Waals surface area contributed by atoms with Gasteiger partial charge in [0.2, 0.25) is 0 Å². The van der Waals surface area contributed by atoms with Gasteiger partial charge in [-0.2, -0.15) is 0 Å². The second-order valence-electron chi connectivity index (χ2n) is 2.60. The second-order valence-corrected chi connectivity index (χ2v) is 2.60. The van der Waals surface area contributed by atoms with E-state index in [-0.39, 0.29) is 24.3 Å². The van der Waals surface area contributed by atoms with E-state index in [0.717, 1.165) is 5.56 Å². The minimum Gasteiger partial charge on any atom is -0.491 e. The molecule has 0 bridgehead atoms. The Morgan fingerprint density at radius 3 is 3.00 bits per heavy atom. The molecule has 66 valence electrons. The van der Waals surface area contributed by atoms with Crippen LogP contribution in [-0.4, -0.2) is 6.61 Å². The normalized spacial score (nSPS) is 19.3. The lowest BCUT2D eigenvalue weighted by atomic mass is 10.1. The third-order valence-electron chi connectivity index (χ3n) is 1.79. The zero-order valence-corrected chi connectivity index (χ0v) is 7.10. The molecular weight excluding hydrogens is 181 g/mol. The lowest BCUT2D eigenvalue weighted by Crippen LogP contribution is -2.10. The van der Waals surface area contributed by atoms with E-state index in [0.29, 0.717) is 12.4 Å². The summed E-state index contributed by atoms with van der Waals surface area (Å²) in [6.07, 6.45) is 0. The van der Waals surface area contributed by atoms with Crippen LogP contribution in [0.5, 0.6) is 5.75 Å². The number of hydrogen-bond donors (Lipinski definition) is 1. The van der Waals surface area contributed by atoms with Crippen molar-refractivity contribution in [1.82, 2.24) is 0 Å². The van der Waals surface area contributed by atoms with Crippen molar-refractivity contribution in [2.45, 2.75) is 6.04 Å². The molecule has 1 aromatic carbocycles. The predicted molar refractivity (Wildman–Crippen MR) is 46.1 cm³/mol. The second kappa shape index (κ2) is 3.29. The van der Waals surface area contributed by atoms with Gasteiger partial charge in [0.1, 0.15) is 18.2 Å². The van der Waals surface area contributed by atoms with Gasteiger partial charge >= 0.3 is 0 Å². The van der Waals surface area contributed by atoms with Crippen LogP contribution in [0.3, 0.4) is 0 Å². The number of ether oxygens (including phenoxy) is 1. The first-order valence-corrected chi connectivity index (χ1v) is 3.45. The summed E-state index contributed by atoms with van der Waals surface area (Å²) in [7, 11) is 0. The smallest absolute Gasteiger partial charge is 0.124 e. The molecule has 0 amide bonds. The fourth-order valence-electron chi connectivity index (χ4n) is 1.21. The highest BCUT2D eigenvalue weighted by molar-refractivity contribution is 5.85. The molecule has 0 radical (unpaired) electrons. The number of benzene rings is 1. The maximum atomic E-state index is 12.6. The monoisotopic (exact) mass is 189 g/mol. The van der Waals surface area contributed by atoms with Crippen LogP contribution >= 0.6 is 12.4 Å². The summed E-state index contributed by atoms with van der Waals surface area (Å²) in [5, 5.41) is 0. The molecule has 2 N–H and O–H groups in total. The first kappa shape index (κ1) is 9.29. The summed E-state index contributed by atoms with van der Waals surface area (Å²) in [6, 6.07) is 4.24. The quantitative estimate of drug-likeness (QED) is 0.674. The third-order valence-corrected chi connectivity index (χ3v) is 1.79. The first-order chi connectivity index (χ1) is 5.27. The summed E-state index contributed by atoms with van der Waals surface area (Å²) in [5.74, 6) is 0.448.